The number of aryl methyl sites for hydroxylation is 1. The van der Waals surface area contributed by atoms with Gasteiger partial charge in [0.05, 0.1) is 17.7 Å². The zero-order valence-corrected chi connectivity index (χ0v) is 13.9. The van der Waals surface area contributed by atoms with Crippen molar-refractivity contribution in [3.05, 3.63) is 62.7 Å². The summed E-state index contributed by atoms with van der Waals surface area (Å²) in [4.78, 5) is 21.9. The van der Waals surface area contributed by atoms with Crippen molar-refractivity contribution < 1.29 is 14.8 Å². The Labute approximate surface area is 148 Å². The van der Waals surface area contributed by atoms with Crippen LogP contribution >= 0.6 is 11.6 Å². The Hall–Kier alpha value is -3.13. The number of hydrogen-bond acceptors (Lipinski definition) is 6. The lowest BCUT2D eigenvalue weighted by atomic mass is 10.2. The van der Waals surface area contributed by atoms with Gasteiger partial charge in [-0.15, -0.1) is 0 Å². The van der Waals surface area contributed by atoms with Crippen LogP contribution in [0.15, 0.2) is 41.5 Å². The van der Waals surface area contributed by atoms with Crippen molar-refractivity contribution in [2.24, 2.45) is 5.10 Å². The number of non-ortho nitro benzene ring substituents is 1. The molecule has 0 fully saturated rings. The van der Waals surface area contributed by atoms with Gasteiger partial charge in [-0.25, -0.2) is 5.43 Å². The van der Waals surface area contributed by atoms with Crippen molar-refractivity contribution >= 4 is 35.1 Å². The molecule has 1 amide bonds. The molecule has 0 spiro atoms. The molecular weight excluding hydrogens is 348 g/mol. The number of nitrogens with zero attached hydrogens (tertiary/aromatic N) is 2. The molecular formula is C16H15ClN4O4. The number of phenols is 1. The molecule has 2 rings (SSSR count). The first-order chi connectivity index (χ1) is 11.9. The molecule has 0 atom stereocenters. The normalized spacial score (nSPS) is 10.6. The van der Waals surface area contributed by atoms with Gasteiger partial charge in [-0.05, 0) is 36.8 Å². The molecule has 8 nitrogen and oxygen atoms in total. The van der Waals surface area contributed by atoms with Crippen LogP contribution in [-0.2, 0) is 4.79 Å². The molecule has 130 valence electrons. The van der Waals surface area contributed by atoms with E-state index in [1.807, 2.05) is 6.92 Å². The van der Waals surface area contributed by atoms with Crippen LogP contribution in [0.4, 0.5) is 11.4 Å². The van der Waals surface area contributed by atoms with E-state index in [0.29, 0.717) is 5.02 Å². The van der Waals surface area contributed by atoms with Crippen molar-refractivity contribution in [1.82, 2.24) is 5.43 Å². The van der Waals surface area contributed by atoms with Gasteiger partial charge < -0.3 is 10.4 Å². The topological polar surface area (TPSA) is 117 Å². The van der Waals surface area contributed by atoms with E-state index in [1.165, 1.54) is 12.1 Å². The summed E-state index contributed by atoms with van der Waals surface area (Å²) in [6.45, 7) is 1.83. The van der Waals surface area contributed by atoms with Gasteiger partial charge in [0.15, 0.2) is 0 Å². The van der Waals surface area contributed by atoms with Gasteiger partial charge in [-0.1, -0.05) is 11.6 Å². The first-order valence-electron chi connectivity index (χ1n) is 7.16. The summed E-state index contributed by atoms with van der Waals surface area (Å²) in [6, 6.07) is 8.74. The van der Waals surface area contributed by atoms with Gasteiger partial charge in [-0.3, -0.25) is 14.9 Å². The molecule has 0 heterocycles. The SMILES string of the molecule is Cc1cc(Cl)ccc1NCC(=O)NN=Cc1cc([N+](=O)[O-])ccc1O. The average molecular weight is 363 g/mol. The van der Waals surface area contributed by atoms with Gasteiger partial charge >= 0.3 is 0 Å². The molecule has 0 aliphatic carbocycles. The fourth-order valence-corrected chi connectivity index (χ4v) is 2.20. The van der Waals surface area contributed by atoms with Crippen molar-refractivity contribution in [2.75, 3.05) is 11.9 Å². The Bertz CT molecular complexity index is 839. The number of hydrogen-bond donors (Lipinski definition) is 3. The number of phenolic OH excluding ortho intramolecular Hbond substituents is 1. The minimum Gasteiger partial charge on any atom is -0.507 e. The molecule has 0 saturated carbocycles. The smallest absolute Gasteiger partial charge is 0.270 e. The average Bonchev–Trinajstić information content (AvgIpc) is 2.55. The summed E-state index contributed by atoms with van der Waals surface area (Å²) in [5.41, 5.74) is 3.86. The second-order valence-electron chi connectivity index (χ2n) is 5.11. The Morgan fingerprint density at radius 3 is 2.80 bits per heavy atom. The summed E-state index contributed by atoms with van der Waals surface area (Å²) in [5.74, 6) is -0.603. The third-order valence-corrected chi connectivity index (χ3v) is 3.48. The minimum atomic E-state index is -0.590. The van der Waals surface area contributed by atoms with E-state index in [4.69, 9.17) is 11.6 Å². The maximum Gasteiger partial charge on any atom is 0.270 e. The molecule has 2 aromatic carbocycles. The molecule has 9 heteroatoms. The van der Waals surface area contributed by atoms with Gasteiger partial charge in [0.2, 0.25) is 0 Å². The first kappa shape index (κ1) is 18.2. The zero-order valence-electron chi connectivity index (χ0n) is 13.2. The lowest BCUT2D eigenvalue weighted by Crippen LogP contribution is -2.26. The van der Waals surface area contributed by atoms with E-state index in [0.717, 1.165) is 23.5 Å². The van der Waals surface area contributed by atoms with Crippen LogP contribution in [0, 0.1) is 17.0 Å². The molecule has 0 unspecified atom stereocenters. The molecule has 2 aromatic rings. The summed E-state index contributed by atoms with van der Waals surface area (Å²) in [5, 5.41) is 27.6. The van der Waals surface area contributed by atoms with E-state index < -0.39 is 10.8 Å². The van der Waals surface area contributed by atoms with Crippen molar-refractivity contribution in [3.8, 4) is 5.75 Å². The molecule has 0 aromatic heterocycles. The minimum absolute atomic E-state index is 0.0271. The highest BCUT2D eigenvalue weighted by Gasteiger charge is 2.09. The number of carbonyl (C=O) groups is 1. The number of aromatic hydroxyl groups is 1. The fraction of sp³-hybridized carbons (Fsp3) is 0.125. The molecule has 0 aliphatic heterocycles. The number of amides is 1. The number of nitrogens with one attached hydrogen (secondary N) is 2. The Kier molecular flexibility index (Phi) is 5.91. The van der Waals surface area contributed by atoms with Crippen LogP contribution in [0.2, 0.25) is 5.02 Å². The van der Waals surface area contributed by atoms with E-state index in [-0.39, 0.29) is 23.5 Å². The van der Waals surface area contributed by atoms with E-state index in [9.17, 15) is 20.0 Å². The number of anilines is 1. The van der Waals surface area contributed by atoms with Crippen LogP contribution in [0.25, 0.3) is 0 Å². The molecule has 0 bridgehead atoms. The number of carbonyl (C=O) groups excluding carboxylic acids is 1. The van der Waals surface area contributed by atoms with Crippen LogP contribution < -0.4 is 10.7 Å². The van der Waals surface area contributed by atoms with Crippen molar-refractivity contribution in [2.45, 2.75) is 6.92 Å². The number of benzene rings is 2. The lowest BCUT2D eigenvalue weighted by Gasteiger charge is -2.08. The number of hydrazone groups is 1. The maximum absolute atomic E-state index is 11.8. The van der Waals surface area contributed by atoms with E-state index >= 15 is 0 Å². The summed E-state index contributed by atoms with van der Waals surface area (Å²) < 4.78 is 0. The Morgan fingerprint density at radius 2 is 2.12 bits per heavy atom. The first-order valence-corrected chi connectivity index (χ1v) is 7.54. The highest BCUT2D eigenvalue weighted by Crippen LogP contribution is 2.21. The maximum atomic E-state index is 11.8. The van der Waals surface area contributed by atoms with E-state index in [1.54, 1.807) is 18.2 Å². The Morgan fingerprint density at radius 1 is 1.36 bits per heavy atom. The number of rotatable bonds is 6. The predicted molar refractivity (Wildman–Crippen MR) is 95.2 cm³/mol. The zero-order chi connectivity index (χ0) is 18.4. The van der Waals surface area contributed by atoms with Crippen molar-refractivity contribution in [3.63, 3.8) is 0 Å². The van der Waals surface area contributed by atoms with Crippen LogP contribution in [-0.4, -0.2) is 28.7 Å². The molecule has 0 radical (unpaired) electrons. The van der Waals surface area contributed by atoms with Gasteiger partial charge in [0.25, 0.3) is 11.6 Å². The fourth-order valence-electron chi connectivity index (χ4n) is 1.97. The van der Waals surface area contributed by atoms with Crippen LogP contribution in [0.3, 0.4) is 0 Å². The van der Waals surface area contributed by atoms with Gasteiger partial charge in [0, 0.05) is 28.4 Å². The molecule has 0 saturated heterocycles. The quantitative estimate of drug-likeness (QED) is 0.415. The molecule has 0 aliphatic rings. The third-order valence-electron chi connectivity index (χ3n) is 3.24. The van der Waals surface area contributed by atoms with Crippen molar-refractivity contribution in [1.29, 1.82) is 0 Å². The van der Waals surface area contributed by atoms with E-state index in [2.05, 4.69) is 15.8 Å². The van der Waals surface area contributed by atoms with Crippen LogP contribution in [0.5, 0.6) is 5.75 Å². The predicted octanol–water partition coefficient (Wildman–Crippen LogP) is 2.82. The van der Waals surface area contributed by atoms with Gasteiger partial charge in [0.1, 0.15) is 5.75 Å². The number of nitro groups is 1. The highest BCUT2D eigenvalue weighted by atomic mass is 35.5. The highest BCUT2D eigenvalue weighted by molar-refractivity contribution is 6.30. The monoisotopic (exact) mass is 362 g/mol. The largest absolute Gasteiger partial charge is 0.507 e. The second-order valence-corrected chi connectivity index (χ2v) is 5.54. The summed E-state index contributed by atoms with van der Waals surface area (Å²) >= 11 is 5.86. The number of halogens is 1. The Balaban J connectivity index is 1.92. The number of nitro benzene ring substituents is 1. The summed E-state index contributed by atoms with van der Waals surface area (Å²) in [7, 11) is 0. The summed E-state index contributed by atoms with van der Waals surface area (Å²) in [6.07, 6.45) is 1.13. The third kappa shape index (κ3) is 5.18. The van der Waals surface area contributed by atoms with Gasteiger partial charge in [-0.2, -0.15) is 5.10 Å². The lowest BCUT2D eigenvalue weighted by molar-refractivity contribution is -0.384. The second kappa shape index (κ2) is 8.11. The molecule has 25 heavy (non-hydrogen) atoms. The van der Waals surface area contributed by atoms with Crippen LogP contribution in [0.1, 0.15) is 11.1 Å². The standard InChI is InChI=1S/C16H15ClN4O4/c1-10-6-12(17)2-4-14(10)18-9-16(23)20-19-8-11-7-13(21(24)25)3-5-15(11)22/h2-8,18,22H,9H2,1H3,(H,20,23). The molecule has 3 N–H and O–H groups in total.